The average molecular weight is 370 g/mol. The average Bonchev–Trinajstić information content (AvgIpc) is 2.67. The summed E-state index contributed by atoms with van der Waals surface area (Å²) >= 11 is 0. The summed E-state index contributed by atoms with van der Waals surface area (Å²) in [7, 11) is 0. The van der Waals surface area contributed by atoms with Crippen molar-refractivity contribution in [2.75, 3.05) is 6.61 Å². The van der Waals surface area contributed by atoms with E-state index in [4.69, 9.17) is 10.5 Å². The van der Waals surface area contributed by atoms with Gasteiger partial charge in [-0.3, -0.25) is 26.0 Å². The molecule has 0 radical (unpaired) electrons. The lowest BCUT2D eigenvalue weighted by Gasteiger charge is -2.36. The minimum atomic E-state index is -0.574. The number of ether oxygens (including phenoxy) is 1. The first-order valence-electron chi connectivity index (χ1n) is 8.79. The summed E-state index contributed by atoms with van der Waals surface area (Å²) in [4.78, 5) is 22.6. The van der Waals surface area contributed by atoms with Crippen molar-refractivity contribution in [1.82, 2.24) is 10.6 Å². The number of carbonyl (C=O) groups is 1. The number of carbonyl (C=O) groups excluding carboxylic acids is 1. The van der Waals surface area contributed by atoms with Gasteiger partial charge in [0.05, 0.1) is 17.4 Å². The van der Waals surface area contributed by atoms with Gasteiger partial charge in [-0.15, -0.1) is 0 Å². The first kappa shape index (κ1) is 18.8. The lowest BCUT2D eigenvalue weighted by atomic mass is 9.87. The van der Waals surface area contributed by atoms with Gasteiger partial charge in [-0.1, -0.05) is 30.3 Å². The Morgan fingerprint density at radius 3 is 2.48 bits per heavy atom. The summed E-state index contributed by atoms with van der Waals surface area (Å²) in [5.41, 5.74) is 6.90. The second-order valence-corrected chi connectivity index (χ2v) is 6.39. The van der Waals surface area contributed by atoms with Crippen LogP contribution in [-0.2, 0) is 4.79 Å². The molecule has 1 aliphatic rings. The van der Waals surface area contributed by atoms with Crippen LogP contribution in [-0.4, -0.2) is 23.7 Å². The molecule has 1 fully saturated rings. The van der Waals surface area contributed by atoms with Gasteiger partial charge in [-0.25, -0.2) is 0 Å². The van der Waals surface area contributed by atoms with Crippen LogP contribution in [0.3, 0.4) is 0 Å². The van der Waals surface area contributed by atoms with Crippen LogP contribution in [0, 0.1) is 16.0 Å². The molecule has 142 valence electrons. The summed E-state index contributed by atoms with van der Waals surface area (Å²) in [5, 5.41) is 16.6. The van der Waals surface area contributed by atoms with E-state index in [-0.39, 0.29) is 23.6 Å². The molecule has 27 heavy (non-hydrogen) atoms. The fourth-order valence-electron chi connectivity index (χ4n) is 3.21. The fraction of sp³-hybridized carbons (Fsp3) is 0.316. The Balaban J connectivity index is 1.56. The maximum absolute atomic E-state index is 12.4. The van der Waals surface area contributed by atoms with Crippen LogP contribution in [0.1, 0.15) is 24.4 Å². The Morgan fingerprint density at radius 2 is 1.81 bits per heavy atom. The minimum absolute atomic E-state index is 0.0225. The van der Waals surface area contributed by atoms with Crippen molar-refractivity contribution in [2.24, 2.45) is 11.7 Å². The number of nitro benzene ring substituents is 1. The van der Waals surface area contributed by atoms with Gasteiger partial charge < -0.3 is 10.1 Å². The van der Waals surface area contributed by atoms with Crippen LogP contribution >= 0.6 is 0 Å². The number of nitrogens with two attached hydrogens (primary N) is 1. The lowest BCUT2D eigenvalue weighted by Crippen LogP contribution is -2.61. The van der Waals surface area contributed by atoms with Gasteiger partial charge in [0, 0.05) is 18.2 Å². The van der Waals surface area contributed by atoms with Gasteiger partial charge in [0.2, 0.25) is 5.91 Å². The van der Waals surface area contributed by atoms with Crippen LogP contribution in [0.15, 0.2) is 54.6 Å². The molecule has 2 aromatic carbocycles. The van der Waals surface area contributed by atoms with Gasteiger partial charge in [0.25, 0.3) is 5.69 Å². The molecule has 4 N–H and O–H groups in total. The highest BCUT2D eigenvalue weighted by molar-refractivity contribution is 5.80. The molecule has 0 aromatic heterocycles. The monoisotopic (exact) mass is 370 g/mol. The third-order valence-corrected chi connectivity index (χ3v) is 4.53. The molecule has 1 aliphatic heterocycles. The molecule has 0 spiro atoms. The summed E-state index contributed by atoms with van der Waals surface area (Å²) in [5.74, 6) is 0.228. The van der Waals surface area contributed by atoms with Gasteiger partial charge in [0.15, 0.2) is 0 Å². The Morgan fingerprint density at radius 1 is 1.11 bits per heavy atom. The maximum Gasteiger partial charge on any atom is 0.269 e. The second kappa shape index (κ2) is 8.61. The number of nitro groups is 1. The third-order valence-electron chi connectivity index (χ3n) is 4.53. The molecule has 2 aromatic rings. The summed E-state index contributed by atoms with van der Waals surface area (Å²) in [6.07, 6.45) is 0.711. The highest BCUT2D eigenvalue weighted by Gasteiger charge is 2.35. The molecule has 1 heterocycles. The SMILES string of the molecule is N[C@H]1NC(=O)[C@@H](CCCOc2ccc([N+](=O)[O-])cc2)[C@H](c2ccccc2)N1. The second-order valence-electron chi connectivity index (χ2n) is 6.39. The standard InChI is InChI=1S/C19H22N4O4/c20-19-21-17(13-5-2-1-3-6-13)16(18(24)22-19)7-4-12-27-15-10-8-14(9-11-15)23(25)26/h1-3,5-6,8-11,16-17,19,21H,4,7,12,20H2,(H,22,24)/t16-,17-,19+/m0/s1. The minimum Gasteiger partial charge on any atom is -0.494 e. The van der Waals surface area contributed by atoms with Crippen LogP contribution in [0.4, 0.5) is 5.69 Å². The molecule has 1 saturated heterocycles. The number of rotatable bonds is 7. The van der Waals surface area contributed by atoms with Crippen molar-refractivity contribution in [3.63, 3.8) is 0 Å². The quantitative estimate of drug-likeness (QED) is 0.390. The Hall–Kier alpha value is -2.97. The van der Waals surface area contributed by atoms with Crippen LogP contribution in [0.2, 0.25) is 0 Å². The van der Waals surface area contributed by atoms with E-state index in [2.05, 4.69) is 10.6 Å². The van der Waals surface area contributed by atoms with Crippen LogP contribution in [0.5, 0.6) is 5.75 Å². The first-order chi connectivity index (χ1) is 13.0. The predicted molar refractivity (Wildman–Crippen MR) is 99.8 cm³/mol. The Kier molecular flexibility index (Phi) is 6.00. The Bertz CT molecular complexity index is 782. The van der Waals surface area contributed by atoms with Crippen molar-refractivity contribution >= 4 is 11.6 Å². The van der Waals surface area contributed by atoms with Crippen molar-refractivity contribution in [3.8, 4) is 5.75 Å². The topological polar surface area (TPSA) is 120 Å². The van der Waals surface area contributed by atoms with E-state index in [9.17, 15) is 14.9 Å². The maximum atomic E-state index is 12.4. The van der Waals surface area contributed by atoms with Gasteiger partial charge in [0.1, 0.15) is 12.0 Å². The highest BCUT2D eigenvalue weighted by atomic mass is 16.6. The lowest BCUT2D eigenvalue weighted by molar-refractivity contribution is -0.384. The summed E-state index contributed by atoms with van der Waals surface area (Å²) in [6, 6.07) is 15.5. The van der Waals surface area contributed by atoms with Crippen molar-refractivity contribution in [2.45, 2.75) is 25.2 Å². The van der Waals surface area contributed by atoms with E-state index in [1.54, 1.807) is 12.1 Å². The molecule has 3 atom stereocenters. The summed E-state index contributed by atoms with van der Waals surface area (Å²) in [6.45, 7) is 0.412. The predicted octanol–water partition coefficient (Wildman–Crippen LogP) is 2.07. The van der Waals surface area contributed by atoms with E-state index < -0.39 is 11.2 Å². The summed E-state index contributed by atoms with van der Waals surface area (Å²) < 4.78 is 5.63. The molecule has 3 rings (SSSR count). The zero-order valence-electron chi connectivity index (χ0n) is 14.7. The Labute approximate surface area is 156 Å². The highest BCUT2D eigenvalue weighted by Crippen LogP contribution is 2.29. The van der Waals surface area contributed by atoms with E-state index in [1.807, 2.05) is 30.3 Å². The number of nitrogens with zero attached hydrogens (tertiary/aromatic N) is 1. The number of benzene rings is 2. The van der Waals surface area contributed by atoms with Crippen molar-refractivity contribution < 1.29 is 14.5 Å². The molecule has 0 aliphatic carbocycles. The number of hydrogen-bond donors (Lipinski definition) is 3. The van der Waals surface area contributed by atoms with Gasteiger partial charge in [-0.05, 0) is 30.5 Å². The first-order valence-corrected chi connectivity index (χ1v) is 8.79. The molecule has 0 saturated carbocycles. The number of non-ortho nitro benzene ring substituents is 1. The van der Waals surface area contributed by atoms with Gasteiger partial charge in [-0.2, -0.15) is 0 Å². The zero-order chi connectivity index (χ0) is 19.2. The van der Waals surface area contributed by atoms with E-state index >= 15 is 0 Å². The molecule has 8 nitrogen and oxygen atoms in total. The van der Waals surface area contributed by atoms with E-state index in [1.165, 1.54) is 12.1 Å². The molecule has 8 heteroatoms. The molecular weight excluding hydrogens is 348 g/mol. The van der Waals surface area contributed by atoms with Crippen molar-refractivity contribution in [1.29, 1.82) is 0 Å². The fourth-order valence-corrected chi connectivity index (χ4v) is 3.21. The smallest absolute Gasteiger partial charge is 0.269 e. The molecular formula is C19H22N4O4. The number of nitrogens with one attached hydrogen (secondary N) is 2. The third kappa shape index (κ3) is 4.81. The number of hydrogen-bond acceptors (Lipinski definition) is 6. The molecule has 1 amide bonds. The van der Waals surface area contributed by atoms with Crippen LogP contribution < -0.4 is 21.1 Å². The van der Waals surface area contributed by atoms with Crippen molar-refractivity contribution in [3.05, 3.63) is 70.3 Å². The molecule has 0 unspecified atom stereocenters. The zero-order valence-corrected chi connectivity index (χ0v) is 14.7. The largest absolute Gasteiger partial charge is 0.494 e. The van der Waals surface area contributed by atoms with Crippen LogP contribution in [0.25, 0.3) is 0 Å². The van der Waals surface area contributed by atoms with E-state index in [0.29, 0.717) is 25.2 Å². The van der Waals surface area contributed by atoms with Gasteiger partial charge >= 0.3 is 0 Å². The number of amides is 1. The normalized spacial score (nSPS) is 22.1. The molecule has 0 bridgehead atoms. The van der Waals surface area contributed by atoms with E-state index in [0.717, 1.165) is 5.56 Å².